The summed E-state index contributed by atoms with van der Waals surface area (Å²) in [5, 5.41) is 2.96. The van der Waals surface area contributed by atoms with Gasteiger partial charge in [-0.15, -0.1) is 0 Å². The molecule has 18 heavy (non-hydrogen) atoms. The summed E-state index contributed by atoms with van der Waals surface area (Å²) < 4.78 is 39.7. The number of hydrogen-bond donors (Lipinski definition) is 1. The number of hydrogen-bond acceptors (Lipinski definition) is 1. The molecule has 2 rings (SSSR count). The Labute approximate surface area is 107 Å². The molecular formula is C13H9ClF3N. The fourth-order valence-corrected chi connectivity index (χ4v) is 1.67. The fraction of sp³-hybridized carbons (Fsp3) is 0.0769. The van der Waals surface area contributed by atoms with Gasteiger partial charge in [0.15, 0.2) is 11.6 Å². The first kappa shape index (κ1) is 12.8. The van der Waals surface area contributed by atoms with Crippen molar-refractivity contribution in [2.75, 3.05) is 5.32 Å². The van der Waals surface area contributed by atoms with Crippen LogP contribution in [-0.2, 0) is 6.54 Å². The van der Waals surface area contributed by atoms with Gasteiger partial charge in [-0.2, -0.15) is 0 Å². The van der Waals surface area contributed by atoms with Crippen molar-refractivity contribution >= 4 is 17.3 Å². The van der Waals surface area contributed by atoms with Crippen molar-refractivity contribution in [3.63, 3.8) is 0 Å². The van der Waals surface area contributed by atoms with E-state index in [2.05, 4.69) is 5.32 Å². The summed E-state index contributed by atoms with van der Waals surface area (Å²) in [4.78, 5) is 0. The second kappa shape index (κ2) is 5.31. The quantitative estimate of drug-likeness (QED) is 0.874. The average molecular weight is 272 g/mol. The van der Waals surface area contributed by atoms with E-state index in [1.807, 2.05) is 0 Å². The molecule has 0 aliphatic carbocycles. The predicted octanol–water partition coefficient (Wildman–Crippen LogP) is 4.37. The molecule has 0 aliphatic rings. The minimum absolute atomic E-state index is 0.0118. The van der Waals surface area contributed by atoms with Crippen LogP contribution in [0.15, 0.2) is 36.4 Å². The third kappa shape index (κ3) is 2.76. The van der Waals surface area contributed by atoms with E-state index in [0.29, 0.717) is 0 Å². The van der Waals surface area contributed by atoms with Gasteiger partial charge in [-0.1, -0.05) is 23.7 Å². The molecule has 0 bridgehead atoms. The summed E-state index contributed by atoms with van der Waals surface area (Å²) in [7, 11) is 0. The zero-order chi connectivity index (χ0) is 13.1. The van der Waals surface area contributed by atoms with Crippen molar-refractivity contribution in [2.24, 2.45) is 0 Å². The predicted molar refractivity (Wildman–Crippen MR) is 65.1 cm³/mol. The Morgan fingerprint density at radius 2 is 1.78 bits per heavy atom. The van der Waals surface area contributed by atoms with Crippen LogP contribution in [0.1, 0.15) is 5.56 Å². The van der Waals surface area contributed by atoms with Crippen molar-refractivity contribution in [1.29, 1.82) is 0 Å². The number of benzene rings is 2. The van der Waals surface area contributed by atoms with Crippen LogP contribution in [0.5, 0.6) is 0 Å². The standard InChI is InChI=1S/C13H9ClF3N/c14-9-4-5-12(11(16)6-9)18-7-8-2-1-3-10(15)13(8)17/h1-6,18H,7H2. The number of halogens is 4. The molecule has 0 unspecified atom stereocenters. The van der Waals surface area contributed by atoms with Gasteiger partial charge in [-0.3, -0.25) is 0 Å². The summed E-state index contributed by atoms with van der Waals surface area (Å²) in [6, 6.07) is 7.95. The third-order valence-electron chi connectivity index (χ3n) is 2.43. The second-order valence-electron chi connectivity index (χ2n) is 3.69. The van der Waals surface area contributed by atoms with E-state index in [4.69, 9.17) is 11.6 Å². The van der Waals surface area contributed by atoms with Gasteiger partial charge in [-0.25, -0.2) is 13.2 Å². The van der Waals surface area contributed by atoms with Gasteiger partial charge in [0.1, 0.15) is 5.82 Å². The molecule has 0 aromatic heterocycles. The maximum Gasteiger partial charge on any atom is 0.163 e. The zero-order valence-electron chi connectivity index (χ0n) is 9.18. The number of rotatable bonds is 3. The van der Waals surface area contributed by atoms with E-state index in [9.17, 15) is 13.2 Å². The van der Waals surface area contributed by atoms with E-state index in [1.165, 1.54) is 24.3 Å². The zero-order valence-corrected chi connectivity index (χ0v) is 9.94. The summed E-state index contributed by atoms with van der Waals surface area (Å²) in [6.07, 6.45) is 0. The maximum atomic E-state index is 13.4. The first-order valence-electron chi connectivity index (χ1n) is 5.20. The normalized spacial score (nSPS) is 10.4. The monoisotopic (exact) mass is 271 g/mol. The van der Waals surface area contributed by atoms with Gasteiger partial charge < -0.3 is 5.32 Å². The lowest BCUT2D eigenvalue weighted by atomic mass is 10.2. The first-order valence-corrected chi connectivity index (χ1v) is 5.57. The van der Waals surface area contributed by atoms with Gasteiger partial charge in [0.05, 0.1) is 5.69 Å². The SMILES string of the molecule is Fc1cc(Cl)ccc1NCc1cccc(F)c1F. The molecule has 1 N–H and O–H groups in total. The molecule has 0 atom stereocenters. The molecule has 0 saturated heterocycles. The Morgan fingerprint density at radius 1 is 1.00 bits per heavy atom. The topological polar surface area (TPSA) is 12.0 Å². The smallest absolute Gasteiger partial charge is 0.163 e. The van der Waals surface area contributed by atoms with E-state index in [-0.39, 0.29) is 22.8 Å². The molecule has 0 saturated carbocycles. The Hall–Kier alpha value is -1.68. The molecule has 0 fully saturated rings. The summed E-state index contributed by atoms with van der Waals surface area (Å²) in [5.74, 6) is -2.40. The summed E-state index contributed by atoms with van der Waals surface area (Å²) >= 11 is 5.60. The van der Waals surface area contributed by atoms with Crippen LogP contribution in [0.3, 0.4) is 0 Å². The van der Waals surface area contributed by atoms with Gasteiger partial charge in [0.2, 0.25) is 0 Å². The highest BCUT2D eigenvalue weighted by Gasteiger charge is 2.08. The van der Waals surface area contributed by atoms with Crippen LogP contribution in [0.2, 0.25) is 5.02 Å². The summed E-state index contributed by atoms with van der Waals surface area (Å²) in [5.41, 5.74) is 0.312. The molecule has 5 heteroatoms. The number of anilines is 1. The summed E-state index contributed by atoms with van der Waals surface area (Å²) in [6.45, 7) is -0.0118. The van der Waals surface area contributed by atoms with Crippen LogP contribution in [-0.4, -0.2) is 0 Å². The van der Waals surface area contributed by atoms with Gasteiger partial charge in [0, 0.05) is 17.1 Å². The van der Waals surface area contributed by atoms with Crippen molar-refractivity contribution in [2.45, 2.75) is 6.54 Å². The van der Waals surface area contributed by atoms with Crippen molar-refractivity contribution < 1.29 is 13.2 Å². The second-order valence-corrected chi connectivity index (χ2v) is 4.13. The Morgan fingerprint density at radius 3 is 2.50 bits per heavy atom. The molecule has 0 radical (unpaired) electrons. The van der Waals surface area contributed by atoms with Gasteiger partial charge in [0.25, 0.3) is 0 Å². The molecule has 2 aromatic rings. The van der Waals surface area contributed by atoms with Crippen molar-refractivity contribution in [3.8, 4) is 0 Å². The Kier molecular flexibility index (Phi) is 3.77. The average Bonchev–Trinajstić information content (AvgIpc) is 2.33. The van der Waals surface area contributed by atoms with Gasteiger partial charge >= 0.3 is 0 Å². The molecule has 2 aromatic carbocycles. The van der Waals surface area contributed by atoms with E-state index in [0.717, 1.165) is 12.1 Å². The van der Waals surface area contributed by atoms with Crippen LogP contribution >= 0.6 is 11.6 Å². The van der Waals surface area contributed by atoms with Crippen molar-refractivity contribution in [1.82, 2.24) is 0 Å². The van der Waals surface area contributed by atoms with Gasteiger partial charge in [-0.05, 0) is 24.3 Å². The highest BCUT2D eigenvalue weighted by Crippen LogP contribution is 2.20. The van der Waals surface area contributed by atoms with E-state index in [1.54, 1.807) is 0 Å². The van der Waals surface area contributed by atoms with E-state index >= 15 is 0 Å². The van der Waals surface area contributed by atoms with Crippen LogP contribution in [0.4, 0.5) is 18.9 Å². The fourth-order valence-electron chi connectivity index (χ4n) is 1.51. The molecule has 1 nitrogen and oxygen atoms in total. The van der Waals surface area contributed by atoms with Crippen LogP contribution in [0, 0.1) is 17.5 Å². The highest BCUT2D eigenvalue weighted by molar-refractivity contribution is 6.30. The van der Waals surface area contributed by atoms with Crippen molar-refractivity contribution in [3.05, 3.63) is 64.4 Å². The van der Waals surface area contributed by atoms with Crippen LogP contribution < -0.4 is 5.32 Å². The molecule has 0 spiro atoms. The lowest BCUT2D eigenvalue weighted by Crippen LogP contribution is -2.04. The molecule has 94 valence electrons. The first-order chi connectivity index (χ1) is 8.58. The Bertz CT molecular complexity index is 572. The lowest BCUT2D eigenvalue weighted by Gasteiger charge is -2.09. The minimum atomic E-state index is -0.931. The highest BCUT2D eigenvalue weighted by atomic mass is 35.5. The van der Waals surface area contributed by atoms with Crippen LogP contribution in [0.25, 0.3) is 0 Å². The minimum Gasteiger partial charge on any atom is -0.378 e. The lowest BCUT2D eigenvalue weighted by molar-refractivity contribution is 0.500. The molecule has 0 aliphatic heterocycles. The molecule has 0 heterocycles. The molecular weight excluding hydrogens is 263 g/mol. The third-order valence-corrected chi connectivity index (χ3v) is 2.67. The number of nitrogens with one attached hydrogen (secondary N) is 1. The largest absolute Gasteiger partial charge is 0.378 e. The van der Waals surface area contributed by atoms with E-state index < -0.39 is 17.5 Å². The Balaban J connectivity index is 2.14. The maximum absolute atomic E-state index is 13.4. The molecule has 0 amide bonds.